The lowest BCUT2D eigenvalue weighted by atomic mass is 10.2. The summed E-state index contributed by atoms with van der Waals surface area (Å²) in [4.78, 5) is 4.51. The highest BCUT2D eigenvalue weighted by Crippen LogP contribution is 2.12. The van der Waals surface area contributed by atoms with Crippen molar-refractivity contribution in [3.05, 3.63) is 42.5 Å². The minimum absolute atomic E-state index is 0. The Balaban J connectivity index is 0.00000441. The summed E-state index contributed by atoms with van der Waals surface area (Å²) in [5.41, 5.74) is 1.13. The van der Waals surface area contributed by atoms with Crippen molar-refractivity contribution in [2.45, 2.75) is 13.5 Å². The van der Waals surface area contributed by atoms with Crippen LogP contribution in [0.2, 0.25) is 0 Å². The van der Waals surface area contributed by atoms with Gasteiger partial charge in [0.2, 0.25) is 0 Å². The maximum absolute atomic E-state index is 5.52. The first-order valence-electron chi connectivity index (χ1n) is 7.14. The quantitative estimate of drug-likeness (QED) is 0.213. The van der Waals surface area contributed by atoms with Crippen LogP contribution in [-0.4, -0.2) is 39.4 Å². The molecule has 0 bridgehead atoms. The third kappa shape index (κ3) is 8.89. The van der Waals surface area contributed by atoms with Crippen LogP contribution in [0.3, 0.4) is 0 Å². The number of nitrogens with zero attached hydrogens (tertiary/aromatic N) is 1. The number of guanidine groups is 1. The molecule has 0 saturated carbocycles. The van der Waals surface area contributed by atoms with E-state index in [1.165, 1.54) is 0 Å². The highest BCUT2D eigenvalue weighted by Gasteiger charge is 1.97. The number of benzene rings is 1. The Morgan fingerprint density at radius 2 is 1.95 bits per heavy atom. The molecular formula is C16H26IN3O2. The number of hydrogen-bond donors (Lipinski definition) is 2. The number of ether oxygens (including phenoxy) is 2. The van der Waals surface area contributed by atoms with Crippen molar-refractivity contribution in [1.29, 1.82) is 0 Å². The van der Waals surface area contributed by atoms with Gasteiger partial charge in [-0.25, -0.2) is 4.99 Å². The molecule has 0 radical (unpaired) electrons. The SMILES string of the molecule is C=CCNC(=NCc1ccc(OCCOC)cc1)NCC.I. The Morgan fingerprint density at radius 1 is 1.23 bits per heavy atom. The van der Waals surface area contributed by atoms with Crippen molar-refractivity contribution in [3.63, 3.8) is 0 Å². The van der Waals surface area contributed by atoms with E-state index in [0.29, 0.717) is 26.3 Å². The standard InChI is InChI=1S/C16H25N3O2.HI/c1-4-10-18-16(17-5-2)19-13-14-6-8-15(9-7-14)21-12-11-20-3;/h4,6-9H,1,5,10-13H2,2-3H3,(H2,17,18,19);1H. The van der Waals surface area contributed by atoms with E-state index < -0.39 is 0 Å². The Labute approximate surface area is 150 Å². The number of rotatable bonds is 9. The van der Waals surface area contributed by atoms with Crippen LogP contribution >= 0.6 is 24.0 Å². The number of nitrogens with one attached hydrogen (secondary N) is 2. The second kappa shape index (κ2) is 13.4. The molecule has 0 amide bonds. The molecule has 22 heavy (non-hydrogen) atoms. The maximum atomic E-state index is 5.52. The zero-order valence-electron chi connectivity index (χ0n) is 13.3. The first-order chi connectivity index (χ1) is 10.3. The summed E-state index contributed by atoms with van der Waals surface area (Å²) in [7, 11) is 1.66. The molecule has 2 N–H and O–H groups in total. The van der Waals surface area contributed by atoms with Crippen molar-refractivity contribution in [3.8, 4) is 5.75 Å². The lowest BCUT2D eigenvalue weighted by molar-refractivity contribution is 0.146. The average Bonchev–Trinajstić information content (AvgIpc) is 2.51. The number of methoxy groups -OCH3 is 1. The molecule has 0 aliphatic heterocycles. The molecule has 0 aliphatic carbocycles. The first-order valence-corrected chi connectivity index (χ1v) is 7.14. The van der Waals surface area contributed by atoms with E-state index in [9.17, 15) is 0 Å². The molecule has 0 spiro atoms. The molecule has 0 unspecified atom stereocenters. The average molecular weight is 419 g/mol. The molecule has 0 atom stereocenters. The van der Waals surface area contributed by atoms with Gasteiger partial charge in [0, 0.05) is 20.2 Å². The van der Waals surface area contributed by atoms with Gasteiger partial charge in [-0.2, -0.15) is 0 Å². The van der Waals surface area contributed by atoms with Gasteiger partial charge >= 0.3 is 0 Å². The minimum Gasteiger partial charge on any atom is -0.491 e. The van der Waals surface area contributed by atoms with Crippen molar-refractivity contribution < 1.29 is 9.47 Å². The van der Waals surface area contributed by atoms with Crippen LogP contribution in [0.5, 0.6) is 5.75 Å². The molecule has 5 nitrogen and oxygen atoms in total. The number of hydrogen-bond acceptors (Lipinski definition) is 3. The van der Waals surface area contributed by atoms with E-state index in [0.717, 1.165) is 23.8 Å². The van der Waals surface area contributed by atoms with Gasteiger partial charge in [0.05, 0.1) is 13.2 Å². The van der Waals surface area contributed by atoms with Crippen LogP contribution in [0.25, 0.3) is 0 Å². The third-order valence-corrected chi connectivity index (χ3v) is 2.66. The van der Waals surface area contributed by atoms with E-state index in [4.69, 9.17) is 9.47 Å². The van der Waals surface area contributed by atoms with Gasteiger partial charge < -0.3 is 20.1 Å². The topological polar surface area (TPSA) is 54.9 Å². The molecular weight excluding hydrogens is 393 g/mol. The zero-order valence-corrected chi connectivity index (χ0v) is 15.6. The summed E-state index contributed by atoms with van der Waals surface area (Å²) < 4.78 is 10.5. The van der Waals surface area contributed by atoms with Crippen LogP contribution in [0.15, 0.2) is 41.9 Å². The van der Waals surface area contributed by atoms with E-state index >= 15 is 0 Å². The molecule has 0 heterocycles. The summed E-state index contributed by atoms with van der Waals surface area (Å²) in [5, 5.41) is 6.35. The fourth-order valence-electron chi connectivity index (χ4n) is 1.61. The lowest BCUT2D eigenvalue weighted by Crippen LogP contribution is -2.37. The van der Waals surface area contributed by atoms with E-state index in [1.807, 2.05) is 31.2 Å². The number of aliphatic imine (C=N–C) groups is 1. The largest absolute Gasteiger partial charge is 0.491 e. The van der Waals surface area contributed by atoms with Gasteiger partial charge in [-0.1, -0.05) is 18.2 Å². The van der Waals surface area contributed by atoms with Gasteiger partial charge in [-0.05, 0) is 24.6 Å². The smallest absolute Gasteiger partial charge is 0.191 e. The van der Waals surface area contributed by atoms with E-state index in [-0.39, 0.29) is 24.0 Å². The predicted molar refractivity (Wildman–Crippen MR) is 102 cm³/mol. The second-order valence-corrected chi connectivity index (χ2v) is 4.35. The molecule has 1 rings (SSSR count). The normalized spacial score (nSPS) is 10.5. The number of halogens is 1. The third-order valence-electron chi connectivity index (χ3n) is 2.66. The summed E-state index contributed by atoms with van der Waals surface area (Å²) in [5.74, 6) is 1.63. The molecule has 124 valence electrons. The highest BCUT2D eigenvalue weighted by atomic mass is 127. The predicted octanol–water partition coefficient (Wildman–Crippen LogP) is 2.57. The first kappa shape index (κ1) is 20.7. The lowest BCUT2D eigenvalue weighted by Gasteiger charge is -2.09. The Bertz CT molecular complexity index is 436. The van der Waals surface area contributed by atoms with Crippen molar-refractivity contribution in [2.75, 3.05) is 33.4 Å². The van der Waals surface area contributed by atoms with E-state index in [2.05, 4.69) is 22.2 Å². The fraction of sp³-hybridized carbons (Fsp3) is 0.438. The highest BCUT2D eigenvalue weighted by molar-refractivity contribution is 14.0. The van der Waals surface area contributed by atoms with Gasteiger partial charge in [0.15, 0.2) is 5.96 Å². The van der Waals surface area contributed by atoms with Gasteiger partial charge in [-0.3, -0.25) is 0 Å². The van der Waals surface area contributed by atoms with Crippen LogP contribution in [0.1, 0.15) is 12.5 Å². The van der Waals surface area contributed by atoms with Crippen molar-refractivity contribution in [2.24, 2.45) is 4.99 Å². The van der Waals surface area contributed by atoms with Gasteiger partial charge in [-0.15, -0.1) is 30.6 Å². The molecule has 1 aromatic rings. The molecule has 6 heteroatoms. The summed E-state index contributed by atoms with van der Waals surface area (Å²) >= 11 is 0. The van der Waals surface area contributed by atoms with Crippen LogP contribution in [0.4, 0.5) is 0 Å². The van der Waals surface area contributed by atoms with Gasteiger partial charge in [0.25, 0.3) is 0 Å². The second-order valence-electron chi connectivity index (χ2n) is 4.35. The fourth-order valence-corrected chi connectivity index (χ4v) is 1.61. The summed E-state index contributed by atoms with van der Waals surface area (Å²) in [6.07, 6.45) is 1.80. The van der Waals surface area contributed by atoms with Gasteiger partial charge in [0.1, 0.15) is 12.4 Å². The van der Waals surface area contributed by atoms with Crippen LogP contribution in [0, 0.1) is 0 Å². The molecule has 1 aromatic carbocycles. The zero-order chi connectivity index (χ0) is 15.3. The van der Waals surface area contributed by atoms with E-state index in [1.54, 1.807) is 13.2 Å². The Morgan fingerprint density at radius 3 is 2.55 bits per heavy atom. The molecule has 0 aromatic heterocycles. The summed E-state index contributed by atoms with van der Waals surface area (Å²) in [6.45, 7) is 9.01. The monoisotopic (exact) mass is 419 g/mol. The Hall–Kier alpha value is -1.28. The van der Waals surface area contributed by atoms with Crippen LogP contribution < -0.4 is 15.4 Å². The minimum atomic E-state index is 0. The molecule has 0 aliphatic rings. The maximum Gasteiger partial charge on any atom is 0.191 e. The van der Waals surface area contributed by atoms with Crippen molar-refractivity contribution >= 4 is 29.9 Å². The van der Waals surface area contributed by atoms with Crippen LogP contribution in [-0.2, 0) is 11.3 Å². The van der Waals surface area contributed by atoms with Crippen molar-refractivity contribution in [1.82, 2.24) is 10.6 Å². The summed E-state index contributed by atoms with van der Waals surface area (Å²) in [6, 6.07) is 7.93. The molecule has 0 fully saturated rings. The molecule has 0 saturated heterocycles. The Kier molecular flexibility index (Phi) is 12.6.